The van der Waals surface area contributed by atoms with Gasteiger partial charge in [-0.1, -0.05) is 17.7 Å². The summed E-state index contributed by atoms with van der Waals surface area (Å²) in [4.78, 5) is 28.4. The highest BCUT2D eigenvalue weighted by Gasteiger charge is 2.26. The van der Waals surface area contributed by atoms with Gasteiger partial charge in [0.25, 0.3) is 0 Å². The van der Waals surface area contributed by atoms with Crippen LogP contribution in [-0.4, -0.2) is 67.0 Å². The Hall–Kier alpha value is -1.92. The first kappa shape index (κ1) is 20.4. The SMILES string of the molecule is Cc1cc(C)c(NC(=O)CN(C)CC(=O)N2C[C@@H](C)O[C@H](C)C2)c(C)c1. The molecule has 6 heteroatoms. The van der Waals surface area contributed by atoms with E-state index in [1.807, 2.05) is 39.5 Å². The zero-order valence-electron chi connectivity index (χ0n) is 16.8. The molecule has 2 amide bonds. The third-order valence-corrected chi connectivity index (χ3v) is 4.53. The van der Waals surface area contributed by atoms with Crippen LogP contribution in [0, 0.1) is 20.8 Å². The van der Waals surface area contributed by atoms with Gasteiger partial charge in [-0.25, -0.2) is 0 Å². The van der Waals surface area contributed by atoms with E-state index in [2.05, 4.69) is 17.4 Å². The fourth-order valence-electron chi connectivity index (χ4n) is 3.57. The number of aryl methyl sites for hydroxylation is 3. The summed E-state index contributed by atoms with van der Waals surface area (Å²) < 4.78 is 5.66. The molecule has 1 heterocycles. The third kappa shape index (κ3) is 5.54. The molecule has 1 fully saturated rings. The Kier molecular flexibility index (Phi) is 6.78. The summed E-state index contributed by atoms with van der Waals surface area (Å²) in [6, 6.07) is 4.10. The van der Waals surface area contributed by atoms with E-state index in [0.29, 0.717) is 13.1 Å². The highest BCUT2D eigenvalue weighted by molar-refractivity contribution is 5.94. The Labute approximate surface area is 156 Å². The molecule has 0 bridgehead atoms. The second kappa shape index (κ2) is 8.64. The van der Waals surface area contributed by atoms with Crippen molar-refractivity contribution in [2.45, 2.75) is 46.8 Å². The van der Waals surface area contributed by atoms with Crippen molar-refractivity contribution < 1.29 is 14.3 Å². The van der Waals surface area contributed by atoms with Gasteiger partial charge in [0.15, 0.2) is 0 Å². The number of likely N-dealkylation sites (N-methyl/N-ethyl adjacent to an activating group) is 1. The molecule has 0 aromatic heterocycles. The highest BCUT2D eigenvalue weighted by atomic mass is 16.5. The summed E-state index contributed by atoms with van der Waals surface area (Å²) in [5.41, 5.74) is 4.13. The van der Waals surface area contributed by atoms with E-state index in [1.165, 1.54) is 5.56 Å². The number of anilines is 1. The van der Waals surface area contributed by atoms with Gasteiger partial charge < -0.3 is 15.0 Å². The second-order valence-electron chi connectivity index (χ2n) is 7.55. The topological polar surface area (TPSA) is 61.9 Å². The first-order chi connectivity index (χ1) is 12.2. The molecular formula is C20H31N3O3. The lowest BCUT2D eigenvalue weighted by atomic mass is 10.1. The van der Waals surface area contributed by atoms with Crippen molar-refractivity contribution >= 4 is 17.5 Å². The Morgan fingerprint density at radius 1 is 1.12 bits per heavy atom. The molecule has 1 aromatic rings. The molecule has 1 aromatic carbocycles. The van der Waals surface area contributed by atoms with Crippen molar-refractivity contribution in [3.63, 3.8) is 0 Å². The van der Waals surface area contributed by atoms with Gasteiger partial charge in [0.2, 0.25) is 11.8 Å². The second-order valence-corrected chi connectivity index (χ2v) is 7.55. The van der Waals surface area contributed by atoms with Crippen LogP contribution in [-0.2, 0) is 14.3 Å². The number of ether oxygens (including phenoxy) is 1. The van der Waals surface area contributed by atoms with Crippen LogP contribution in [0.5, 0.6) is 0 Å². The van der Waals surface area contributed by atoms with Crippen LogP contribution in [0.4, 0.5) is 5.69 Å². The number of hydrogen-bond acceptors (Lipinski definition) is 4. The maximum Gasteiger partial charge on any atom is 0.238 e. The van der Waals surface area contributed by atoms with Gasteiger partial charge in [-0.05, 0) is 52.8 Å². The van der Waals surface area contributed by atoms with Crippen molar-refractivity contribution in [1.29, 1.82) is 0 Å². The minimum atomic E-state index is -0.112. The molecule has 2 atom stereocenters. The van der Waals surface area contributed by atoms with Crippen LogP contribution in [0.1, 0.15) is 30.5 Å². The van der Waals surface area contributed by atoms with Gasteiger partial charge in [0.05, 0.1) is 25.3 Å². The first-order valence-electron chi connectivity index (χ1n) is 9.15. The fourth-order valence-corrected chi connectivity index (χ4v) is 3.57. The number of carbonyl (C=O) groups is 2. The lowest BCUT2D eigenvalue weighted by molar-refractivity contribution is -0.144. The largest absolute Gasteiger partial charge is 0.372 e. The lowest BCUT2D eigenvalue weighted by Crippen LogP contribution is -2.51. The van der Waals surface area contributed by atoms with E-state index in [1.54, 1.807) is 11.9 Å². The molecule has 0 unspecified atom stereocenters. The van der Waals surface area contributed by atoms with Gasteiger partial charge in [-0.15, -0.1) is 0 Å². The first-order valence-corrected chi connectivity index (χ1v) is 9.15. The van der Waals surface area contributed by atoms with Crippen molar-refractivity contribution in [2.75, 3.05) is 38.5 Å². The molecule has 1 aliphatic rings. The van der Waals surface area contributed by atoms with E-state index in [9.17, 15) is 9.59 Å². The standard InChI is InChI=1S/C20H31N3O3/c1-13-7-14(2)20(15(3)8-13)21-18(24)11-22(6)12-19(25)23-9-16(4)26-17(5)10-23/h7-8,16-17H,9-12H2,1-6H3,(H,21,24)/t16-,17-/m1/s1. The predicted molar refractivity (Wildman–Crippen MR) is 103 cm³/mol. The minimum absolute atomic E-state index is 0.0324. The van der Waals surface area contributed by atoms with Crippen LogP contribution in [0.25, 0.3) is 0 Å². The summed E-state index contributed by atoms with van der Waals surface area (Å²) >= 11 is 0. The number of benzene rings is 1. The summed E-state index contributed by atoms with van der Waals surface area (Å²) in [5.74, 6) is -0.0796. The summed E-state index contributed by atoms with van der Waals surface area (Å²) in [5, 5.41) is 2.98. The number of carbonyl (C=O) groups excluding carboxylic acids is 2. The average Bonchev–Trinajstić information content (AvgIpc) is 2.49. The molecule has 2 rings (SSSR count). The van der Waals surface area contributed by atoms with Crippen LogP contribution in [0.3, 0.4) is 0 Å². The summed E-state index contributed by atoms with van der Waals surface area (Å²) in [6.45, 7) is 11.6. The Morgan fingerprint density at radius 2 is 1.65 bits per heavy atom. The van der Waals surface area contributed by atoms with E-state index in [4.69, 9.17) is 4.74 Å². The third-order valence-electron chi connectivity index (χ3n) is 4.53. The van der Waals surface area contributed by atoms with Crippen molar-refractivity contribution in [3.05, 3.63) is 28.8 Å². The quantitative estimate of drug-likeness (QED) is 0.873. The van der Waals surface area contributed by atoms with Gasteiger partial charge in [-0.2, -0.15) is 0 Å². The summed E-state index contributed by atoms with van der Waals surface area (Å²) in [6.07, 6.45) is 0.0904. The summed E-state index contributed by atoms with van der Waals surface area (Å²) in [7, 11) is 1.79. The molecule has 26 heavy (non-hydrogen) atoms. The molecule has 144 valence electrons. The predicted octanol–water partition coefficient (Wildman–Crippen LogP) is 2.12. The monoisotopic (exact) mass is 361 g/mol. The number of morpholine rings is 1. The molecule has 1 aliphatic heterocycles. The zero-order valence-corrected chi connectivity index (χ0v) is 16.8. The number of nitrogens with zero attached hydrogens (tertiary/aromatic N) is 2. The Balaban J connectivity index is 1.88. The lowest BCUT2D eigenvalue weighted by Gasteiger charge is -2.36. The van der Waals surface area contributed by atoms with Gasteiger partial charge in [0.1, 0.15) is 0 Å². The molecule has 0 saturated carbocycles. The molecule has 6 nitrogen and oxygen atoms in total. The minimum Gasteiger partial charge on any atom is -0.372 e. The van der Waals surface area contributed by atoms with E-state index < -0.39 is 0 Å². The van der Waals surface area contributed by atoms with Crippen molar-refractivity contribution in [2.24, 2.45) is 0 Å². The molecule has 1 saturated heterocycles. The average molecular weight is 361 g/mol. The maximum absolute atomic E-state index is 12.5. The van der Waals surface area contributed by atoms with E-state index >= 15 is 0 Å². The molecular weight excluding hydrogens is 330 g/mol. The van der Waals surface area contributed by atoms with E-state index in [-0.39, 0.29) is 37.1 Å². The highest BCUT2D eigenvalue weighted by Crippen LogP contribution is 2.21. The van der Waals surface area contributed by atoms with Crippen LogP contribution in [0.15, 0.2) is 12.1 Å². The van der Waals surface area contributed by atoms with E-state index in [0.717, 1.165) is 16.8 Å². The Bertz CT molecular complexity index is 641. The number of nitrogens with one attached hydrogen (secondary N) is 1. The van der Waals surface area contributed by atoms with Crippen molar-refractivity contribution in [1.82, 2.24) is 9.80 Å². The maximum atomic E-state index is 12.5. The smallest absolute Gasteiger partial charge is 0.238 e. The van der Waals surface area contributed by atoms with Gasteiger partial charge in [-0.3, -0.25) is 14.5 Å². The number of hydrogen-bond donors (Lipinski definition) is 1. The van der Waals surface area contributed by atoms with Gasteiger partial charge >= 0.3 is 0 Å². The van der Waals surface area contributed by atoms with Gasteiger partial charge in [0, 0.05) is 18.8 Å². The van der Waals surface area contributed by atoms with Crippen LogP contribution in [0.2, 0.25) is 0 Å². The Morgan fingerprint density at radius 3 is 2.19 bits per heavy atom. The fraction of sp³-hybridized carbons (Fsp3) is 0.600. The van der Waals surface area contributed by atoms with Crippen LogP contribution >= 0.6 is 0 Å². The number of amides is 2. The zero-order chi connectivity index (χ0) is 19.4. The number of rotatable bonds is 5. The van der Waals surface area contributed by atoms with Crippen molar-refractivity contribution in [3.8, 4) is 0 Å². The molecule has 0 radical (unpaired) electrons. The molecule has 0 spiro atoms. The molecule has 1 N–H and O–H groups in total. The molecule has 0 aliphatic carbocycles. The van der Waals surface area contributed by atoms with Crippen LogP contribution < -0.4 is 5.32 Å². The normalized spacial score (nSPS) is 20.3.